The molecule has 1 aliphatic rings. The summed E-state index contributed by atoms with van der Waals surface area (Å²) in [6, 6.07) is 9.50. The van der Waals surface area contributed by atoms with Crippen LogP contribution >= 0.6 is 0 Å². The van der Waals surface area contributed by atoms with Gasteiger partial charge in [-0.15, -0.1) is 0 Å². The molecule has 0 amide bonds. The summed E-state index contributed by atoms with van der Waals surface area (Å²) in [6.45, 7) is 6.31. The molecule has 3 aromatic heterocycles. The second-order valence-electron chi connectivity index (χ2n) is 8.59. The molecule has 1 aromatic carbocycles. The van der Waals surface area contributed by atoms with Crippen molar-refractivity contribution in [2.75, 3.05) is 6.61 Å². The molecular formula is C26H24F2N4O. The SMILES string of the molecule is Cc1cc([C@@H]2C[C@H](c3cc4nc(C)c(C)nc4c(-c4ccc(F)cc4F)n3)CCO2)ccn1. The van der Waals surface area contributed by atoms with Gasteiger partial charge in [0.2, 0.25) is 0 Å². The molecule has 4 aromatic rings. The number of aryl methyl sites for hydroxylation is 3. The standard InChI is InChI=1S/C26H24F2N4O/c1-14-10-18(6-8-29-14)24-11-17(7-9-33-24)22-13-23-26(31-16(3)15(2)30-23)25(32-22)20-5-4-19(27)12-21(20)28/h4-6,8,10,12-13,17,24H,7,9,11H2,1-3H3/t17-,24+/m1/s1. The van der Waals surface area contributed by atoms with E-state index in [1.165, 1.54) is 12.1 Å². The fourth-order valence-electron chi connectivity index (χ4n) is 4.39. The van der Waals surface area contributed by atoms with Gasteiger partial charge in [-0.05, 0) is 69.5 Å². The maximum Gasteiger partial charge on any atom is 0.135 e. The monoisotopic (exact) mass is 446 g/mol. The van der Waals surface area contributed by atoms with Crippen molar-refractivity contribution in [1.82, 2.24) is 19.9 Å². The third-order valence-electron chi connectivity index (χ3n) is 6.26. The molecule has 0 saturated carbocycles. The molecule has 5 nitrogen and oxygen atoms in total. The molecule has 1 aliphatic heterocycles. The molecule has 0 N–H and O–H groups in total. The first-order valence-corrected chi connectivity index (χ1v) is 11.0. The average molecular weight is 447 g/mol. The van der Waals surface area contributed by atoms with Gasteiger partial charge in [0.15, 0.2) is 0 Å². The molecule has 0 aliphatic carbocycles. The average Bonchev–Trinajstić information content (AvgIpc) is 2.80. The highest BCUT2D eigenvalue weighted by molar-refractivity contribution is 5.89. The van der Waals surface area contributed by atoms with Gasteiger partial charge in [-0.3, -0.25) is 4.98 Å². The van der Waals surface area contributed by atoms with E-state index in [1.807, 2.05) is 39.0 Å². The molecule has 168 valence electrons. The van der Waals surface area contributed by atoms with Crippen LogP contribution in [-0.2, 0) is 4.74 Å². The number of rotatable bonds is 3. The third-order valence-corrected chi connectivity index (χ3v) is 6.26. The number of aromatic nitrogens is 4. The van der Waals surface area contributed by atoms with Crippen molar-refractivity contribution in [2.45, 2.75) is 45.6 Å². The smallest absolute Gasteiger partial charge is 0.135 e. The van der Waals surface area contributed by atoms with Gasteiger partial charge in [0.25, 0.3) is 0 Å². The number of halogens is 2. The molecule has 33 heavy (non-hydrogen) atoms. The van der Waals surface area contributed by atoms with E-state index >= 15 is 0 Å². The van der Waals surface area contributed by atoms with Crippen LogP contribution in [0.5, 0.6) is 0 Å². The summed E-state index contributed by atoms with van der Waals surface area (Å²) in [5, 5.41) is 0. The summed E-state index contributed by atoms with van der Waals surface area (Å²) < 4.78 is 34.4. The van der Waals surface area contributed by atoms with Crippen LogP contribution in [-0.4, -0.2) is 26.5 Å². The summed E-state index contributed by atoms with van der Waals surface area (Å²) in [4.78, 5) is 18.5. The molecule has 7 heteroatoms. The number of ether oxygens (including phenoxy) is 1. The van der Waals surface area contributed by atoms with Gasteiger partial charge in [0.1, 0.15) is 22.8 Å². The highest BCUT2D eigenvalue weighted by Crippen LogP contribution is 2.39. The van der Waals surface area contributed by atoms with Crippen molar-refractivity contribution in [3.63, 3.8) is 0 Å². The first kappa shape index (κ1) is 21.5. The number of benzene rings is 1. The van der Waals surface area contributed by atoms with Crippen LogP contribution in [0.3, 0.4) is 0 Å². The van der Waals surface area contributed by atoms with E-state index in [-0.39, 0.29) is 17.6 Å². The maximum absolute atomic E-state index is 14.8. The lowest BCUT2D eigenvalue weighted by atomic mass is 9.88. The Labute approximate surface area is 190 Å². The van der Waals surface area contributed by atoms with Gasteiger partial charge < -0.3 is 4.74 Å². The number of hydrogen-bond acceptors (Lipinski definition) is 5. The molecule has 0 unspecified atom stereocenters. The summed E-state index contributed by atoms with van der Waals surface area (Å²) >= 11 is 0. The van der Waals surface area contributed by atoms with Crippen molar-refractivity contribution in [3.8, 4) is 11.3 Å². The molecule has 1 saturated heterocycles. The van der Waals surface area contributed by atoms with Crippen LogP contribution in [0.1, 0.15) is 53.2 Å². The topological polar surface area (TPSA) is 60.8 Å². The molecule has 0 spiro atoms. The van der Waals surface area contributed by atoms with Crippen molar-refractivity contribution in [3.05, 3.63) is 82.6 Å². The third kappa shape index (κ3) is 4.20. The van der Waals surface area contributed by atoms with Crippen molar-refractivity contribution >= 4 is 11.0 Å². The highest BCUT2D eigenvalue weighted by Gasteiger charge is 2.28. The Hall–Kier alpha value is -3.32. The number of nitrogens with zero attached hydrogens (tertiary/aromatic N) is 4. The molecular weight excluding hydrogens is 422 g/mol. The van der Waals surface area contributed by atoms with Gasteiger partial charge in [-0.1, -0.05) is 0 Å². The van der Waals surface area contributed by atoms with Crippen LogP contribution < -0.4 is 0 Å². The number of fused-ring (bicyclic) bond motifs is 1. The van der Waals surface area contributed by atoms with Gasteiger partial charge >= 0.3 is 0 Å². The summed E-state index contributed by atoms with van der Waals surface area (Å²) in [6.07, 6.45) is 3.26. The number of hydrogen-bond donors (Lipinski definition) is 0. The summed E-state index contributed by atoms with van der Waals surface area (Å²) in [5.41, 5.74) is 6.18. The predicted molar refractivity (Wildman–Crippen MR) is 122 cm³/mol. The highest BCUT2D eigenvalue weighted by atomic mass is 19.1. The minimum absolute atomic E-state index is 0.0696. The molecule has 0 bridgehead atoms. The Morgan fingerprint density at radius 1 is 0.939 bits per heavy atom. The zero-order valence-corrected chi connectivity index (χ0v) is 18.8. The van der Waals surface area contributed by atoms with Crippen LogP contribution in [0.2, 0.25) is 0 Å². The fourth-order valence-corrected chi connectivity index (χ4v) is 4.39. The van der Waals surface area contributed by atoms with E-state index in [0.717, 1.165) is 47.2 Å². The van der Waals surface area contributed by atoms with E-state index < -0.39 is 11.6 Å². The lowest BCUT2D eigenvalue weighted by Crippen LogP contribution is -2.20. The summed E-state index contributed by atoms with van der Waals surface area (Å²) in [5.74, 6) is -1.19. The Balaban J connectivity index is 1.62. The Morgan fingerprint density at radius 2 is 1.76 bits per heavy atom. The zero-order valence-electron chi connectivity index (χ0n) is 18.8. The normalized spacial score (nSPS) is 18.6. The van der Waals surface area contributed by atoms with Crippen molar-refractivity contribution < 1.29 is 13.5 Å². The maximum atomic E-state index is 14.8. The molecule has 5 rings (SSSR count). The lowest BCUT2D eigenvalue weighted by molar-refractivity contribution is 0.00460. The fraction of sp³-hybridized carbons (Fsp3) is 0.308. The Morgan fingerprint density at radius 3 is 2.55 bits per heavy atom. The second kappa shape index (κ2) is 8.56. The predicted octanol–water partition coefficient (Wildman–Crippen LogP) is 5.93. The summed E-state index contributed by atoms with van der Waals surface area (Å²) in [7, 11) is 0. The van der Waals surface area contributed by atoms with E-state index in [9.17, 15) is 8.78 Å². The van der Waals surface area contributed by atoms with E-state index in [0.29, 0.717) is 23.3 Å². The quantitative estimate of drug-likeness (QED) is 0.391. The van der Waals surface area contributed by atoms with Crippen LogP contribution in [0, 0.1) is 32.4 Å². The first-order valence-electron chi connectivity index (χ1n) is 11.0. The lowest BCUT2D eigenvalue weighted by Gasteiger charge is -2.30. The van der Waals surface area contributed by atoms with E-state index in [4.69, 9.17) is 14.7 Å². The van der Waals surface area contributed by atoms with Gasteiger partial charge in [0, 0.05) is 41.7 Å². The number of pyridine rings is 2. The zero-order chi connectivity index (χ0) is 23.1. The second-order valence-corrected chi connectivity index (χ2v) is 8.59. The van der Waals surface area contributed by atoms with Crippen molar-refractivity contribution in [2.24, 2.45) is 0 Å². The Bertz CT molecular complexity index is 1360. The molecule has 0 radical (unpaired) electrons. The van der Waals surface area contributed by atoms with E-state index in [1.54, 1.807) is 6.20 Å². The molecule has 1 fully saturated rings. The minimum Gasteiger partial charge on any atom is -0.373 e. The molecule has 4 heterocycles. The minimum atomic E-state index is -0.668. The largest absolute Gasteiger partial charge is 0.373 e. The van der Waals surface area contributed by atoms with Gasteiger partial charge in [0.05, 0.1) is 23.0 Å². The van der Waals surface area contributed by atoms with Gasteiger partial charge in [-0.25, -0.2) is 23.7 Å². The first-order chi connectivity index (χ1) is 15.9. The van der Waals surface area contributed by atoms with E-state index in [2.05, 4.69) is 9.97 Å². The van der Waals surface area contributed by atoms with Crippen molar-refractivity contribution in [1.29, 1.82) is 0 Å². The van der Waals surface area contributed by atoms with Crippen LogP contribution in [0.25, 0.3) is 22.3 Å². The van der Waals surface area contributed by atoms with Gasteiger partial charge in [-0.2, -0.15) is 0 Å². The Kier molecular flexibility index (Phi) is 5.58. The molecule has 2 atom stereocenters. The van der Waals surface area contributed by atoms with Crippen LogP contribution in [0.15, 0.2) is 42.6 Å². The van der Waals surface area contributed by atoms with Crippen LogP contribution in [0.4, 0.5) is 8.78 Å².